The lowest BCUT2D eigenvalue weighted by atomic mass is 10.3. The fourth-order valence-corrected chi connectivity index (χ4v) is 1.84. The summed E-state index contributed by atoms with van der Waals surface area (Å²) in [5.41, 5.74) is 1.82. The number of oxazole rings is 1. The van der Waals surface area contributed by atoms with Crippen molar-refractivity contribution in [1.29, 1.82) is 0 Å². The van der Waals surface area contributed by atoms with E-state index in [1.165, 1.54) is 6.07 Å². The number of carbonyl (C=O) groups is 1. The molecule has 0 saturated heterocycles. The molecule has 7 nitrogen and oxygen atoms in total. The molecule has 0 aliphatic carbocycles. The molecule has 0 unspecified atom stereocenters. The molecule has 0 fully saturated rings. The van der Waals surface area contributed by atoms with Crippen molar-refractivity contribution in [2.24, 2.45) is 0 Å². The number of H-pyrrole nitrogens is 1. The number of aromatic amines is 1. The summed E-state index contributed by atoms with van der Waals surface area (Å²) < 4.78 is 10.0. The number of furan rings is 1. The molecule has 2 aromatic heterocycles. The van der Waals surface area contributed by atoms with Gasteiger partial charge in [-0.05, 0) is 30.3 Å². The Bertz CT molecular complexity index is 827. The summed E-state index contributed by atoms with van der Waals surface area (Å²) >= 11 is 0. The first-order chi connectivity index (χ1) is 9.61. The lowest BCUT2D eigenvalue weighted by Gasteiger charge is -2.03. The van der Waals surface area contributed by atoms with Crippen molar-refractivity contribution in [3.63, 3.8) is 0 Å². The van der Waals surface area contributed by atoms with Crippen LogP contribution in [0.2, 0.25) is 0 Å². The van der Waals surface area contributed by atoms with Crippen LogP contribution in [0, 0.1) is 0 Å². The largest absolute Gasteiger partial charge is 0.475 e. The van der Waals surface area contributed by atoms with Crippen LogP contribution in [0.5, 0.6) is 0 Å². The third kappa shape index (κ3) is 2.28. The predicted octanol–water partition coefficient (Wildman–Crippen LogP) is 2.02. The number of anilines is 1. The number of fused-ring (bicyclic) bond motifs is 1. The monoisotopic (exact) mass is 274 g/mol. The zero-order chi connectivity index (χ0) is 14.1. The van der Waals surface area contributed by atoms with E-state index in [1.807, 2.05) is 0 Å². The standard InChI is InChI=1S/C13H10N2O5/c16-12(17)11-4-2-8(19-11)6-14-7-1-3-10-9(5-7)15-13(18)20-10/h1-5,14H,6H2,(H,15,18)(H,16,17). The molecule has 3 N–H and O–H groups in total. The number of aromatic carboxylic acids is 1. The molecule has 3 rings (SSSR count). The second-order valence-electron chi connectivity index (χ2n) is 4.15. The molecule has 20 heavy (non-hydrogen) atoms. The maximum absolute atomic E-state index is 11.0. The summed E-state index contributed by atoms with van der Waals surface area (Å²) in [6.45, 7) is 0.334. The molecule has 102 valence electrons. The Morgan fingerprint density at radius 3 is 2.85 bits per heavy atom. The lowest BCUT2D eigenvalue weighted by Crippen LogP contribution is -1.98. The molecule has 0 bridgehead atoms. The third-order valence-electron chi connectivity index (χ3n) is 2.76. The fraction of sp³-hybridized carbons (Fsp3) is 0.0769. The van der Waals surface area contributed by atoms with Gasteiger partial charge in [-0.3, -0.25) is 4.98 Å². The quantitative estimate of drug-likeness (QED) is 0.671. The van der Waals surface area contributed by atoms with Crippen LogP contribution in [0.1, 0.15) is 16.3 Å². The van der Waals surface area contributed by atoms with Gasteiger partial charge in [0.05, 0.1) is 12.1 Å². The van der Waals surface area contributed by atoms with E-state index in [0.29, 0.717) is 23.4 Å². The van der Waals surface area contributed by atoms with Crippen molar-refractivity contribution in [3.05, 3.63) is 52.4 Å². The van der Waals surface area contributed by atoms with Crippen molar-refractivity contribution in [2.45, 2.75) is 6.54 Å². The number of hydrogen-bond donors (Lipinski definition) is 3. The molecule has 0 radical (unpaired) electrons. The highest BCUT2D eigenvalue weighted by Gasteiger charge is 2.08. The maximum atomic E-state index is 11.0. The fourth-order valence-electron chi connectivity index (χ4n) is 1.84. The van der Waals surface area contributed by atoms with Gasteiger partial charge in [-0.2, -0.15) is 0 Å². The van der Waals surface area contributed by atoms with Gasteiger partial charge in [0, 0.05) is 5.69 Å². The minimum atomic E-state index is -1.10. The number of rotatable bonds is 4. The Hall–Kier alpha value is -2.96. The first-order valence-corrected chi connectivity index (χ1v) is 5.80. The van der Waals surface area contributed by atoms with Crippen molar-refractivity contribution >= 4 is 22.8 Å². The summed E-state index contributed by atoms with van der Waals surface area (Å²) in [6, 6.07) is 8.13. The van der Waals surface area contributed by atoms with Gasteiger partial charge in [0.15, 0.2) is 5.58 Å². The average Bonchev–Trinajstić information content (AvgIpc) is 3.00. The SMILES string of the molecule is O=C(O)c1ccc(CNc2ccc3oc(=O)[nH]c3c2)o1. The molecule has 0 saturated carbocycles. The summed E-state index contributed by atoms with van der Waals surface area (Å²) in [6.07, 6.45) is 0. The Labute approximate surface area is 111 Å². The topological polar surface area (TPSA) is 108 Å². The van der Waals surface area contributed by atoms with E-state index in [-0.39, 0.29) is 5.76 Å². The van der Waals surface area contributed by atoms with Crippen LogP contribution in [0.3, 0.4) is 0 Å². The second-order valence-corrected chi connectivity index (χ2v) is 4.15. The molecular formula is C13H10N2O5. The number of carboxylic acids is 1. The van der Waals surface area contributed by atoms with Gasteiger partial charge in [-0.1, -0.05) is 0 Å². The van der Waals surface area contributed by atoms with Crippen LogP contribution in [0.15, 0.2) is 44.0 Å². The van der Waals surface area contributed by atoms with Gasteiger partial charge in [0.1, 0.15) is 5.76 Å². The van der Waals surface area contributed by atoms with E-state index in [4.69, 9.17) is 13.9 Å². The van der Waals surface area contributed by atoms with Crippen LogP contribution in [-0.4, -0.2) is 16.1 Å². The summed E-state index contributed by atoms with van der Waals surface area (Å²) in [5, 5.41) is 11.8. The summed E-state index contributed by atoms with van der Waals surface area (Å²) in [7, 11) is 0. The van der Waals surface area contributed by atoms with Crippen LogP contribution in [0.25, 0.3) is 11.1 Å². The molecule has 1 aromatic carbocycles. The van der Waals surface area contributed by atoms with Crippen molar-refractivity contribution in [1.82, 2.24) is 4.98 Å². The van der Waals surface area contributed by atoms with E-state index in [0.717, 1.165) is 5.69 Å². The van der Waals surface area contributed by atoms with Crippen LogP contribution in [-0.2, 0) is 6.54 Å². The molecule has 0 aliphatic heterocycles. The van der Waals surface area contributed by atoms with Crippen molar-refractivity contribution < 1.29 is 18.7 Å². The van der Waals surface area contributed by atoms with Gasteiger partial charge in [0.25, 0.3) is 0 Å². The maximum Gasteiger partial charge on any atom is 0.417 e. The van der Waals surface area contributed by atoms with Gasteiger partial charge >= 0.3 is 11.7 Å². The minimum absolute atomic E-state index is 0.101. The van der Waals surface area contributed by atoms with Crippen LogP contribution < -0.4 is 11.1 Å². The highest BCUT2D eigenvalue weighted by molar-refractivity contribution is 5.84. The smallest absolute Gasteiger partial charge is 0.417 e. The van der Waals surface area contributed by atoms with Crippen LogP contribution in [0.4, 0.5) is 5.69 Å². The number of carboxylic acid groups (broad SMARTS) is 1. The first kappa shape index (κ1) is 12.1. The zero-order valence-electron chi connectivity index (χ0n) is 10.2. The number of hydrogen-bond acceptors (Lipinski definition) is 5. The minimum Gasteiger partial charge on any atom is -0.475 e. The van der Waals surface area contributed by atoms with E-state index in [9.17, 15) is 9.59 Å². The van der Waals surface area contributed by atoms with Crippen LogP contribution >= 0.6 is 0 Å². The molecule has 7 heteroatoms. The highest BCUT2D eigenvalue weighted by Crippen LogP contribution is 2.17. The molecule has 0 spiro atoms. The predicted molar refractivity (Wildman–Crippen MR) is 69.8 cm³/mol. The molecule has 0 amide bonds. The first-order valence-electron chi connectivity index (χ1n) is 5.80. The molecule has 0 aliphatic rings. The van der Waals surface area contributed by atoms with E-state index < -0.39 is 11.7 Å². The Kier molecular flexibility index (Phi) is 2.79. The Morgan fingerprint density at radius 2 is 2.10 bits per heavy atom. The molecular weight excluding hydrogens is 264 g/mol. The Morgan fingerprint density at radius 1 is 1.25 bits per heavy atom. The van der Waals surface area contributed by atoms with Gasteiger partial charge < -0.3 is 19.3 Å². The van der Waals surface area contributed by atoms with Gasteiger partial charge in [0.2, 0.25) is 5.76 Å². The van der Waals surface area contributed by atoms with E-state index >= 15 is 0 Å². The lowest BCUT2D eigenvalue weighted by molar-refractivity contribution is 0.0660. The zero-order valence-corrected chi connectivity index (χ0v) is 10.2. The number of benzene rings is 1. The highest BCUT2D eigenvalue weighted by atomic mass is 16.4. The molecule has 3 aromatic rings. The van der Waals surface area contributed by atoms with Crippen molar-refractivity contribution in [2.75, 3.05) is 5.32 Å². The normalized spacial score (nSPS) is 10.8. The van der Waals surface area contributed by atoms with Gasteiger partial charge in [-0.15, -0.1) is 0 Å². The molecule has 2 heterocycles. The second kappa shape index (κ2) is 4.61. The van der Waals surface area contributed by atoms with E-state index in [2.05, 4.69) is 10.3 Å². The Balaban J connectivity index is 1.75. The number of nitrogens with one attached hydrogen (secondary N) is 2. The summed E-state index contributed by atoms with van der Waals surface area (Å²) in [4.78, 5) is 24.3. The number of aromatic nitrogens is 1. The van der Waals surface area contributed by atoms with Crippen molar-refractivity contribution in [3.8, 4) is 0 Å². The van der Waals surface area contributed by atoms with E-state index in [1.54, 1.807) is 24.3 Å². The average molecular weight is 274 g/mol. The molecule has 0 atom stereocenters. The third-order valence-corrected chi connectivity index (χ3v) is 2.76. The summed E-state index contributed by atoms with van der Waals surface area (Å²) in [5.74, 6) is -1.21. The van der Waals surface area contributed by atoms with Gasteiger partial charge in [-0.25, -0.2) is 9.59 Å².